The maximum Gasteiger partial charge on any atom is 0.246 e. The molecule has 13 rings (SSSR count). The minimum Gasteiger partial charge on any atom is -0.351 e. The van der Waals surface area contributed by atoms with Crippen molar-refractivity contribution in [2.75, 3.05) is 58.9 Å². The molecule has 0 spiro atoms. The van der Waals surface area contributed by atoms with Crippen LogP contribution in [0.4, 0.5) is 0 Å². The Kier molecular flexibility index (Phi) is 28.1. The lowest BCUT2D eigenvalue weighted by Crippen LogP contribution is -2.56. The molecule has 9 fully saturated rings. The summed E-state index contributed by atoms with van der Waals surface area (Å²) in [5.41, 5.74) is 0.855. The fourth-order valence-corrected chi connectivity index (χ4v) is 18.0. The molecule has 0 aromatic carbocycles. The number of ketones is 1. The molecular weight excluding hydrogens is 1500 g/mol. The zero-order valence-electron chi connectivity index (χ0n) is 63.7. The van der Waals surface area contributed by atoms with Crippen LogP contribution in [0.2, 0.25) is 0 Å². The van der Waals surface area contributed by atoms with Crippen LogP contribution in [-0.4, -0.2) is 309 Å². The second kappa shape index (κ2) is 38.2. The summed E-state index contributed by atoms with van der Waals surface area (Å²) in [6, 6.07) is -11.1. The molecule has 116 heavy (non-hydrogen) atoms. The number of aromatic nitrogens is 9. The third kappa shape index (κ3) is 19.1. The number of amides is 14. The molecule has 13 heterocycles. The molecule has 38 nitrogen and oxygen atoms in total. The van der Waals surface area contributed by atoms with Crippen LogP contribution >= 0.6 is 0 Å². The van der Waals surface area contributed by atoms with Gasteiger partial charge >= 0.3 is 0 Å². The van der Waals surface area contributed by atoms with E-state index in [1.807, 2.05) is 0 Å². The number of hydrogen-bond donors (Lipinski definition) is 5. The summed E-state index contributed by atoms with van der Waals surface area (Å²) in [6.07, 6.45) is 25.9. The first kappa shape index (κ1) is 85.2. The second-order valence-corrected chi connectivity index (χ2v) is 31.1. The molecular formula is C78H105N23O15. The number of Topliss-reactive ketones (excluding diaryl/α,β-unsaturated/α-hetero) is 1. The van der Waals surface area contributed by atoms with E-state index < -0.39 is 157 Å². The lowest BCUT2D eigenvalue weighted by atomic mass is 10.0. The van der Waals surface area contributed by atoms with Gasteiger partial charge in [0.05, 0.1) is 37.2 Å². The van der Waals surface area contributed by atoms with E-state index in [4.69, 9.17) is 19.3 Å². The number of carbonyl (C=O) groups excluding carboxylic acids is 15. The molecule has 0 saturated carbocycles. The molecule has 0 aliphatic carbocycles. The van der Waals surface area contributed by atoms with E-state index in [0.29, 0.717) is 63.5 Å². The van der Waals surface area contributed by atoms with Gasteiger partial charge in [-0.2, -0.15) is 0 Å². The summed E-state index contributed by atoms with van der Waals surface area (Å²) in [6.45, 7) is -0.598. The molecule has 3 aromatic rings. The first-order chi connectivity index (χ1) is 55.1. The van der Waals surface area contributed by atoms with Crippen molar-refractivity contribution in [3.8, 4) is 37.0 Å². The summed E-state index contributed by atoms with van der Waals surface area (Å²) in [5.74, 6) is 0.348. The SMILES string of the molecule is C.C.C#CCCC(=O)N[C@@H]1C[C@H]2C(=O)N3CCC[C@H]3C(=O)N3CCC[C@H]3C(=O)CCc3cn(nn3)CC(=O)N3C[C@H](NC(=O)CCC#C)C[C@H]3C(=O)N3CCC[C@H]3C(=O)N3CCC[C@H]3C(=O)NCc3cn(nn3)CC(=O)N3C[C@H](NC(=O)CCC#C)C[C@H]3C(=O)N3CCC[C@H]3C(=O)N3CCC[C@H]3C(=O)NCc3cn(nn3)CC(=O)N2C1. The Hall–Kier alpha value is -11.7. The Bertz CT molecular complexity index is 3950. The number of rotatable bonds is 9. The predicted octanol–water partition coefficient (Wildman–Crippen LogP) is -2.68. The van der Waals surface area contributed by atoms with Gasteiger partial charge in [0.15, 0.2) is 5.78 Å². The van der Waals surface area contributed by atoms with Crippen LogP contribution < -0.4 is 26.6 Å². The van der Waals surface area contributed by atoms with Crippen LogP contribution in [0.3, 0.4) is 0 Å². The topological polar surface area (TPSA) is 437 Å². The molecule has 6 bridgehead atoms. The van der Waals surface area contributed by atoms with Crippen LogP contribution in [0.5, 0.6) is 0 Å². The smallest absolute Gasteiger partial charge is 0.246 e. The number of aryl methyl sites for hydroxylation is 1. The highest BCUT2D eigenvalue weighted by Gasteiger charge is 2.52. The van der Waals surface area contributed by atoms with Crippen molar-refractivity contribution in [3.05, 3.63) is 35.7 Å². The van der Waals surface area contributed by atoms with Gasteiger partial charge in [-0.05, 0) is 96.3 Å². The highest BCUT2D eigenvalue weighted by atomic mass is 16.2. The fourth-order valence-electron chi connectivity index (χ4n) is 18.0. The van der Waals surface area contributed by atoms with Gasteiger partial charge in [-0.3, -0.25) is 71.9 Å². The van der Waals surface area contributed by atoms with Gasteiger partial charge in [0.1, 0.15) is 79.4 Å². The average molecular weight is 1600 g/mol. The summed E-state index contributed by atoms with van der Waals surface area (Å²) in [4.78, 5) is 228. The minimum atomic E-state index is -1.14. The van der Waals surface area contributed by atoms with Crippen molar-refractivity contribution in [1.29, 1.82) is 0 Å². The minimum absolute atomic E-state index is 0. The van der Waals surface area contributed by atoms with Gasteiger partial charge in [-0.1, -0.05) is 30.5 Å². The Morgan fingerprint density at radius 1 is 0.371 bits per heavy atom. The van der Waals surface area contributed by atoms with E-state index in [1.54, 1.807) is 0 Å². The number of terminal acetylenes is 3. The summed E-state index contributed by atoms with van der Waals surface area (Å²) < 4.78 is 3.78. The maximum absolute atomic E-state index is 15.0. The predicted molar refractivity (Wildman–Crippen MR) is 409 cm³/mol. The summed E-state index contributed by atoms with van der Waals surface area (Å²) >= 11 is 0. The highest BCUT2D eigenvalue weighted by molar-refractivity contribution is 5.99. The van der Waals surface area contributed by atoms with Crippen molar-refractivity contribution in [1.82, 2.24) is 116 Å². The Balaban J connectivity index is 0.00000661. The highest BCUT2D eigenvalue weighted by Crippen LogP contribution is 2.34. The van der Waals surface area contributed by atoms with Gasteiger partial charge < -0.3 is 70.7 Å². The van der Waals surface area contributed by atoms with E-state index in [2.05, 4.69) is 75.3 Å². The zero-order chi connectivity index (χ0) is 80.4. The van der Waals surface area contributed by atoms with Crippen molar-refractivity contribution >= 4 is 88.5 Å². The Morgan fingerprint density at radius 2 is 0.647 bits per heavy atom. The first-order valence-electron chi connectivity index (χ1n) is 39.7. The van der Waals surface area contributed by atoms with E-state index in [-0.39, 0.29) is 212 Å². The molecule has 12 atom stereocenters. The van der Waals surface area contributed by atoms with Gasteiger partial charge in [0.25, 0.3) is 0 Å². The third-order valence-corrected chi connectivity index (χ3v) is 23.5. The zero-order valence-corrected chi connectivity index (χ0v) is 63.7. The Labute approximate surface area is 672 Å². The fraction of sp³-hybridized carbons (Fsp3) is 0.654. The van der Waals surface area contributed by atoms with Gasteiger partial charge in [-0.15, -0.1) is 52.3 Å². The average Bonchev–Trinajstić information content (AvgIpc) is 1.66. The molecule has 14 amide bonds. The monoisotopic (exact) mass is 1600 g/mol. The van der Waals surface area contributed by atoms with Crippen LogP contribution in [-0.2, 0) is 111 Å². The molecule has 38 heteroatoms. The standard InChI is InChI=1S/C76H97N23O15.2CH4/c1-4-7-22-63(101)79-48-34-60-75(113)95-31-14-20-57(95)72(110)92-28-11-17-54(92)69(107)78-37-52-40-90(87-84-52)46-68(106)99-43-50(81-65(103)24-9-6-3)35-61(99)76(114)96-32-15-21-58(96)73(111)93-29-12-18-55(93)70(108)77-36-51-39-89(86-83-51)45-67(105)98-42-49(80-64(102)23-8-5-2)33-59(98)74(112)94-30-13-19-56(94)71(109)91-27-10-16-53(91)62(100)26-25-47-38-88(85-82-47)44-66(104)97(60)41-48;;/h1-3,38-40,48-50,53-61H,7-37,41-46H2,(H,77,108)(H,78,107)(H,79,101)(H,80,102)(H,81,103);2*1H4/t48-,49-,50-,53+,54+,55+,56+,57+,58+,59+,60+,61+;;/m1../s1. The van der Waals surface area contributed by atoms with Crippen molar-refractivity contribution in [2.45, 2.75) is 268 Å². The van der Waals surface area contributed by atoms with E-state index in [1.165, 1.54) is 76.7 Å². The molecule has 622 valence electrons. The molecule has 3 aromatic heterocycles. The number of fused-ring (bicyclic) bond motifs is 15. The van der Waals surface area contributed by atoms with Crippen molar-refractivity contribution in [3.63, 3.8) is 0 Å². The number of nitrogens with zero attached hydrogens (tertiary/aromatic N) is 18. The van der Waals surface area contributed by atoms with E-state index >= 15 is 14.4 Å². The number of nitrogens with one attached hydrogen (secondary N) is 5. The molecule has 5 N–H and O–H groups in total. The van der Waals surface area contributed by atoms with Gasteiger partial charge in [-0.25, -0.2) is 14.0 Å². The van der Waals surface area contributed by atoms with Crippen LogP contribution in [0.1, 0.15) is 173 Å². The third-order valence-electron chi connectivity index (χ3n) is 23.5. The van der Waals surface area contributed by atoms with E-state index in [9.17, 15) is 57.5 Å². The molecule has 10 aliphatic rings. The lowest BCUT2D eigenvalue weighted by molar-refractivity contribution is -0.150. The van der Waals surface area contributed by atoms with Crippen molar-refractivity contribution < 1.29 is 71.9 Å². The molecule has 10 aliphatic heterocycles. The summed E-state index contributed by atoms with van der Waals surface area (Å²) in [7, 11) is 0. The lowest BCUT2D eigenvalue weighted by Gasteiger charge is -2.34. The van der Waals surface area contributed by atoms with Crippen LogP contribution in [0, 0.1) is 37.0 Å². The largest absolute Gasteiger partial charge is 0.351 e. The normalized spacial score (nSPS) is 27.6. The van der Waals surface area contributed by atoms with Gasteiger partial charge in [0, 0.05) is 135 Å². The molecule has 0 unspecified atom stereocenters. The van der Waals surface area contributed by atoms with Crippen LogP contribution in [0.25, 0.3) is 0 Å². The maximum atomic E-state index is 15.0. The van der Waals surface area contributed by atoms with Gasteiger partial charge in [0.2, 0.25) is 82.7 Å². The van der Waals surface area contributed by atoms with E-state index in [0.717, 1.165) is 0 Å². The number of carbonyl (C=O) groups is 15. The quantitative estimate of drug-likeness (QED) is 0.136. The second-order valence-electron chi connectivity index (χ2n) is 31.1. The molecule has 0 radical (unpaired) electrons. The molecule has 9 saturated heterocycles. The van der Waals surface area contributed by atoms with Crippen LogP contribution in [0.15, 0.2) is 18.6 Å². The summed E-state index contributed by atoms with van der Waals surface area (Å²) in [5, 5.41) is 39.6. The van der Waals surface area contributed by atoms with Crippen molar-refractivity contribution in [2.24, 2.45) is 0 Å². The number of hydrogen-bond acceptors (Lipinski definition) is 21. The first-order valence-corrected chi connectivity index (χ1v) is 39.7. The Morgan fingerprint density at radius 3 is 0.974 bits per heavy atom.